The van der Waals surface area contributed by atoms with Crippen LogP contribution >= 0.6 is 34.8 Å². The third-order valence-electron chi connectivity index (χ3n) is 1.93. The zero-order valence-corrected chi connectivity index (χ0v) is 13.4. The molecule has 1 N–H and O–H groups in total. The van der Waals surface area contributed by atoms with Crippen molar-refractivity contribution in [1.29, 1.82) is 0 Å². The number of hydrogen-bond acceptors (Lipinski definition) is 7. The van der Waals surface area contributed by atoms with E-state index in [4.69, 9.17) is 34.8 Å². The van der Waals surface area contributed by atoms with E-state index in [2.05, 4.69) is 9.02 Å². The van der Waals surface area contributed by atoms with Crippen LogP contribution in [-0.2, 0) is 19.1 Å². The highest BCUT2D eigenvalue weighted by atomic mass is 35.6. The van der Waals surface area contributed by atoms with Gasteiger partial charge < -0.3 is 4.74 Å². The van der Waals surface area contributed by atoms with Gasteiger partial charge in [0, 0.05) is 6.07 Å². The second-order valence-electron chi connectivity index (χ2n) is 3.56. The van der Waals surface area contributed by atoms with E-state index in [-0.39, 0.29) is 0 Å². The summed E-state index contributed by atoms with van der Waals surface area (Å²) in [6, 6.07) is 4.39. The van der Waals surface area contributed by atoms with Crippen LogP contribution in [0.5, 0.6) is 0 Å². The fourth-order valence-corrected chi connectivity index (χ4v) is 2.21. The molecule has 9 nitrogen and oxygen atoms in total. The van der Waals surface area contributed by atoms with Gasteiger partial charge in [-0.1, -0.05) is 46.9 Å². The molecule has 22 heavy (non-hydrogen) atoms. The van der Waals surface area contributed by atoms with Crippen molar-refractivity contribution in [3.8, 4) is 0 Å². The molecule has 0 heterocycles. The first-order valence-corrected chi connectivity index (χ1v) is 7.73. The van der Waals surface area contributed by atoms with Gasteiger partial charge in [-0.2, -0.15) is 13.9 Å². The number of rotatable bonds is 5. The Morgan fingerprint density at radius 3 is 2.45 bits per heavy atom. The van der Waals surface area contributed by atoms with Crippen LogP contribution in [-0.4, -0.2) is 29.8 Å². The molecule has 0 aliphatic rings. The number of hydrogen-bond donors (Lipinski definition) is 1. The van der Waals surface area contributed by atoms with Crippen LogP contribution in [0.15, 0.2) is 29.2 Å². The number of carbonyl (C=O) groups excluding carboxylic acids is 1. The zero-order valence-electron chi connectivity index (χ0n) is 10.4. The van der Waals surface area contributed by atoms with E-state index in [0.717, 1.165) is 12.1 Å². The van der Waals surface area contributed by atoms with E-state index in [1.165, 1.54) is 17.6 Å². The summed E-state index contributed by atoms with van der Waals surface area (Å²) in [4.78, 5) is 20.2. The number of nitrogens with one attached hydrogen (secondary N) is 1. The average Bonchev–Trinajstić information content (AvgIpc) is 2.42. The lowest BCUT2D eigenvalue weighted by atomic mass is 10.3. The minimum absolute atomic E-state index is 0.668. The Labute approximate surface area is 139 Å². The summed E-state index contributed by atoms with van der Waals surface area (Å²) in [5.41, 5.74) is 0.689. The van der Waals surface area contributed by atoms with Crippen LogP contribution in [0.25, 0.3) is 0 Å². The molecule has 0 spiro atoms. The average molecular weight is 394 g/mol. The molecule has 13 heteroatoms. The summed E-state index contributed by atoms with van der Waals surface area (Å²) in [7, 11) is -4.64. The van der Waals surface area contributed by atoms with Gasteiger partial charge in [-0.3, -0.25) is 10.1 Å². The number of hydroxylamine groups is 1. The Morgan fingerprint density at radius 2 is 1.91 bits per heavy atom. The molecule has 0 atom stereocenters. The van der Waals surface area contributed by atoms with E-state index < -0.39 is 42.1 Å². The number of ether oxygens (including phenoxy) is 1. The summed E-state index contributed by atoms with van der Waals surface area (Å²) in [6.07, 6.45) is -1.37. The Bertz CT molecular complexity index is 674. The molecule has 1 aromatic rings. The van der Waals surface area contributed by atoms with E-state index in [1.807, 2.05) is 0 Å². The normalized spacial score (nSPS) is 11.8. The quantitative estimate of drug-likeness (QED) is 0.462. The van der Waals surface area contributed by atoms with Gasteiger partial charge in [0.05, 0.1) is 4.92 Å². The van der Waals surface area contributed by atoms with Crippen LogP contribution in [0.3, 0.4) is 0 Å². The number of amides is 1. The molecule has 0 bridgehead atoms. The predicted molar refractivity (Wildman–Crippen MR) is 76.1 cm³/mol. The standard InChI is InChI=1S/C9H7Cl3N2O7S/c10-9(11,12)5-20-8(15)13-21-22(18,19)7-4-2-1-3-6(7)14(16)17/h1-4H,5H2,(H,13,15). The molecule has 0 saturated heterocycles. The molecule has 122 valence electrons. The Kier molecular flexibility index (Phi) is 6.20. The smallest absolute Gasteiger partial charge is 0.432 e. The lowest BCUT2D eigenvalue weighted by Crippen LogP contribution is -2.30. The van der Waals surface area contributed by atoms with Gasteiger partial charge in [0.1, 0.15) is 6.61 Å². The van der Waals surface area contributed by atoms with Crippen molar-refractivity contribution >= 4 is 56.7 Å². The lowest BCUT2D eigenvalue weighted by Gasteiger charge is -2.11. The molecule has 1 amide bonds. The largest absolute Gasteiger partial charge is 0.443 e. The minimum Gasteiger partial charge on any atom is -0.443 e. The molecular formula is C9H7Cl3N2O7S. The fourth-order valence-electron chi connectivity index (χ4n) is 1.13. The van der Waals surface area contributed by atoms with Crippen LogP contribution in [0.4, 0.5) is 10.5 Å². The van der Waals surface area contributed by atoms with E-state index in [9.17, 15) is 23.3 Å². The molecule has 1 rings (SSSR count). The van der Waals surface area contributed by atoms with Crippen molar-refractivity contribution in [1.82, 2.24) is 5.48 Å². The molecule has 0 saturated carbocycles. The molecule has 0 unspecified atom stereocenters. The molecule has 0 aliphatic carbocycles. The Balaban J connectivity index is 2.77. The summed E-state index contributed by atoms with van der Waals surface area (Å²) in [6.45, 7) is -0.668. The molecule has 1 aromatic carbocycles. The summed E-state index contributed by atoms with van der Waals surface area (Å²) < 4.78 is 30.2. The first-order chi connectivity index (χ1) is 10.0. The maximum atomic E-state index is 11.8. The summed E-state index contributed by atoms with van der Waals surface area (Å²) in [5, 5.41) is 10.7. The Morgan fingerprint density at radius 1 is 1.32 bits per heavy atom. The van der Waals surface area contributed by atoms with Crippen molar-refractivity contribution in [2.45, 2.75) is 8.69 Å². The first-order valence-electron chi connectivity index (χ1n) is 5.19. The second-order valence-corrected chi connectivity index (χ2v) is 7.59. The summed E-state index contributed by atoms with van der Waals surface area (Å²) in [5.74, 6) is 0. The van der Waals surface area contributed by atoms with Crippen LogP contribution in [0.1, 0.15) is 0 Å². The molecule has 0 radical (unpaired) electrons. The van der Waals surface area contributed by atoms with Crippen LogP contribution in [0.2, 0.25) is 0 Å². The van der Waals surface area contributed by atoms with Gasteiger partial charge in [0.25, 0.3) is 5.69 Å². The van der Waals surface area contributed by atoms with Crippen LogP contribution < -0.4 is 5.48 Å². The maximum absolute atomic E-state index is 11.8. The number of para-hydroxylation sites is 1. The number of carbonyl (C=O) groups is 1. The summed E-state index contributed by atoms with van der Waals surface area (Å²) >= 11 is 15.9. The number of alkyl halides is 3. The topological polar surface area (TPSA) is 125 Å². The van der Waals surface area contributed by atoms with E-state index in [0.29, 0.717) is 0 Å². The SMILES string of the molecule is O=C(NOS(=O)(=O)c1ccccc1[N+](=O)[O-])OCC(Cl)(Cl)Cl. The van der Waals surface area contributed by atoms with Gasteiger partial charge in [-0.05, 0) is 6.07 Å². The third kappa shape index (κ3) is 5.81. The Hall–Kier alpha value is -1.33. The number of nitro benzene ring substituents is 1. The van der Waals surface area contributed by atoms with Crippen molar-refractivity contribution in [2.75, 3.05) is 6.61 Å². The number of halogens is 3. The van der Waals surface area contributed by atoms with Gasteiger partial charge in [-0.25, -0.2) is 4.79 Å². The molecule has 0 fully saturated rings. The molecule has 0 aliphatic heterocycles. The third-order valence-corrected chi connectivity index (χ3v) is 3.45. The minimum atomic E-state index is -4.64. The molecule has 0 aromatic heterocycles. The van der Waals surface area contributed by atoms with Crippen molar-refractivity contribution in [3.05, 3.63) is 34.4 Å². The van der Waals surface area contributed by atoms with E-state index in [1.54, 1.807) is 0 Å². The maximum Gasteiger partial charge on any atom is 0.432 e. The van der Waals surface area contributed by atoms with E-state index >= 15 is 0 Å². The van der Waals surface area contributed by atoms with Crippen molar-refractivity contribution in [2.24, 2.45) is 0 Å². The molecular weight excluding hydrogens is 387 g/mol. The van der Waals surface area contributed by atoms with Gasteiger partial charge >= 0.3 is 16.2 Å². The number of benzene rings is 1. The highest BCUT2D eigenvalue weighted by Crippen LogP contribution is 2.26. The second kappa shape index (κ2) is 7.29. The number of nitrogens with zero attached hydrogens (tertiary/aromatic N) is 1. The number of nitro groups is 1. The fraction of sp³-hybridized carbons (Fsp3) is 0.222. The van der Waals surface area contributed by atoms with Crippen molar-refractivity contribution in [3.63, 3.8) is 0 Å². The highest BCUT2D eigenvalue weighted by molar-refractivity contribution is 7.86. The first kappa shape index (κ1) is 18.7. The monoisotopic (exact) mass is 392 g/mol. The van der Waals surface area contributed by atoms with Gasteiger partial charge in [0.15, 0.2) is 4.90 Å². The zero-order chi connectivity index (χ0) is 17.0. The van der Waals surface area contributed by atoms with Crippen molar-refractivity contribution < 1.29 is 27.2 Å². The predicted octanol–water partition coefficient (Wildman–Crippen LogP) is 2.31. The highest BCUT2D eigenvalue weighted by Gasteiger charge is 2.28. The lowest BCUT2D eigenvalue weighted by molar-refractivity contribution is -0.387. The van der Waals surface area contributed by atoms with Gasteiger partial charge in [-0.15, -0.1) is 4.28 Å². The van der Waals surface area contributed by atoms with Crippen LogP contribution in [0, 0.1) is 10.1 Å². The van der Waals surface area contributed by atoms with Gasteiger partial charge in [0.2, 0.25) is 3.79 Å².